The minimum Gasteiger partial charge on any atom is -0.469 e. The molecule has 0 heterocycles. The van der Waals surface area contributed by atoms with E-state index >= 15 is 0 Å². The maximum absolute atomic E-state index is 13.1. The first kappa shape index (κ1) is 54.6. The Balaban J connectivity index is 1.23. The molecule has 0 aliphatic heterocycles. The Morgan fingerprint density at radius 3 is 1.19 bits per heavy atom. The molecular weight excluding hydrogens is 831 g/mol. The molecule has 0 saturated carbocycles. The first-order chi connectivity index (χ1) is 30.3. The third-order valence-corrected chi connectivity index (χ3v) is 7.85. The zero-order valence-corrected chi connectivity index (χ0v) is 35.7. The van der Waals surface area contributed by atoms with Gasteiger partial charge in [0.2, 0.25) is 0 Å². The zero-order chi connectivity index (χ0) is 44.6. The molecule has 2 aromatic rings. The second kappa shape index (κ2) is 38.0. The molecule has 0 saturated heterocycles. The van der Waals surface area contributed by atoms with E-state index in [1.54, 1.807) is 18.2 Å². The predicted molar refractivity (Wildman–Crippen MR) is 218 cm³/mol. The van der Waals surface area contributed by atoms with Gasteiger partial charge in [-0.2, -0.15) is 13.2 Å². The van der Waals surface area contributed by atoms with Gasteiger partial charge in [-0.3, -0.25) is 4.79 Å². The van der Waals surface area contributed by atoms with E-state index in [2.05, 4.69) is 10.1 Å². The summed E-state index contributed by atoms with van der Waals surface area (Å²) in [6, 6.07) is 11.1. The van der Waals surface area contributed by atoms with E-state index < -0.39 is 17.7 Å². The van der Waals surface area contributed by atoms with Crippen molar-refractivity contribution in [1.29, 1.82) is 0 Å². The third-order valence-electron chi connectivity index (χ3n) is 7.85. The number of esters is 2. The van der Waals surface area contributed by atoms with Gasteiger partial charge in [-0.15, -0.1) is 0 Å². The fourth-order valence-electron chi connectivity index (χ4n) is 4.75. The lowest BCUT2D eigenvalue weighted by Crippen LogP contribution is -2.16. The molecule has 20 heteroatoms. The first-order valence-electron chi connectivity index (χ1n) is 20.5. The van der Waals surface area contributed by atoms with Crippen molar-refractivity contribution in [3.63, 3.8) is 0 Å². The van der Waals surface area contributed by atoms with Crippen molar-refractivity contribution in [2.24, 2.45) is 0 Å². The van der Waals surface area contributed by atoms with Crippen molar-refractivity contribution in [3.8, 4) is 0 Å². The number of carbonyl (C=O) groups is 2. The van der Waals surface area contributed by atoms with Crippen LogP contribution in [-0.2, 0) is 77.3 Å². The van der Waals surface area contributed by atoms with Gasteiger partial charge in [-0.25, -0.2) is 4.79 Å². The Bertz CT molecular complexity index is 1390. The van der Waals surface area contributed by atoms with Crippen LogP contribution in [-0.4, -0.2) is 184 Å². The topological polar surface area (TPSA) is 175 Å². The van der Waals surface area contributed by atoms with Crippen molar-refractivity contribution in [3.05, 3.63) is 59.7 Å². The molecule has 2 rings (SSSR count). The quantitative estimate of drug-likeness (QED) is 0.0734. The molecule has 354 valence electrons. The number of carbonyl (C=O) groups excluding carboxylic acids is 2. The minimum absolute atomic E-state index is 0.00889. The number of ether oxygens (including phenoxy) is 14. The van der Waals surface area contributed by atoms with Crippen molar-refractivity contribution in [2.45, 2.75) is 12.6 Å². The number of hydrogen-bond donors (Lipinski definition) is 1. The summed E-state index contributed by atoms with van der Waals surface area (Å²) in [5.74, 6) is -0.933. The Labute approximate surface area is 361 Å². The number of benzene rings is 2. The van der Waals surface area contributed by atoms with E-state index in [1.165, 1.54) is 25.3 Å². The number of hydrogen-bond acceptors (Lipinski definition) is 17. The molecule has 0 spiro atoms. The van der Waals surface area contributed by atoms with Crippen LogP contribution in [0.1, 0.15) is 22.3 Å². The van der Waals surface area contributed by atoms with Gasteiger partial charge < -0.3 is 71.6 Å². The molecule has 0 aliphatic rings. The molecule has 0 bridgehead atoms. The summed E-state index contributed by atoms with van der Waals surface area (Å²) in [4.78, 5) is 23.5. The smallest absolute Gasteiger partial charge is 0.416 e. The monoisotopic (exact) mass is 895 g/mol. The lowest BCUT2D eigenvalue weighted by Gasteiger charge is -2.13. The van der Waals surface area contributed by atoms with Gasteiger partial charge in [0.25, 0.3) is 0 Å². The maximum atomic E-state index is 13.1. The normalized spacial score (nSPS) is 11.5. The summed E-state index contributed by atoms with van der Waals surface area (Å²) in [6.45, 7) is 9.94. The van der Waals surface area contributed by atoms with Gasteiger partial charge in [0.15, 0.2) is 0 Å². The Kier molecular flexibility index (Phi) is 33.5. The van der Waals surface area contributed by atoms with Crippen molar-refractivity contribution < 1.29 is 89.1 Å². The highest BCUT2D eigenvalue weighted by atomic mass is 19.4. The van der Waals surface area contributed by atoms with E-state index in [1.807, 2.05) is 0 Å². The van der Waals surface area contributed by atoms with Gasteiger partial charge in [-0.05, 0) is 30.3 Å². The van der Waals surface area contributed by atoms with Gasteiger partial charge in [-0.1, -0.05) is 18.2 Å². The van der Waals surface area contributed by atoms with Crippen LogP contribution in [0.5, 0.6) is 0 Å². The summed E-state index contributed by atoms with van der Waals surface area (Å²) < 4.78 is 114. The Hall–Kier alpha value is -3.51. The van der Waals surface area contributed by atoms with Gasteiger partial charge in [0, 0.05) is 5.69 Å². The molecule has 0 atom stereocenters. The summed E-state index contributed by atoms with van der Waals surface area (Å²) in [5, 5.41) is 2.86. The number of anilines is 2. The van der Waals surface area contributed by atoms with Crippen LogP contribution >= 0.6 is 0 Å². The molecule has 0 fully saturated rings. The van der Waals surface area contributed by atoms with Crippen LogP contribution < -0.4 is 5.32 Å². The second-order valence-electron chi connectivity index (χ2n) is 12.6. The highest BCUT2D eigenvalue weighted by Gasteiger charge is 2.30. The fraction of sp³-hybridized carbons (Fsp3) is 0.667. The molecule has 0 amide bonds. The van der Waals surface area contributed by atoms with Gasteiger partial charge in [0.1, 0.15) is 6.61 Å². The molecule has 0 radical (unpaired) electrons. The number of rotatable bonds is 42. The molecule has 1 N–H and O–H groups in total. The fourth-order valence-corrected chi connectivity index (χ4v) is 4.75. The van der Waals surface area contributed by atoms with Crippen LogP contribution in [0.4, 0.5) is 24.5 Å². The zero-order valence-electron chi connectivity index (χ0n) is 35.7. The van der Waals surface area contributed by atoms with Gasteiger partial charge >= 0.3 is 18.1 Å². The highest BCUT2D eigenvalue weighted by molar-refractivity contribution is 5.96. The van der Waals surface area contributed by atoms with Crippen LogP contribution in [0.2, 0.25) is 0 Å². The number of nitrogens with one attached hydrogen (secondary N) is 1. The maximum Gasteiger partial charge on any atom is 0.416 e. The number of methoxy groups -OCH3 is 1. The molecular formula is C42H64F3NO16. The van der Waals surface area contributed by atoms with Crippen LogP contribution in [0, 0.1) is 0 Å². The summed E-state index contributed by atoms with van der Waals surface area (Å²) in [7, 11) is 1.34. The summed E-state index contributed by atoms with van der Waals surface area (Å²) in [6.07, 6.45) is -4.25. The van der Waals surface area contributed by atoms with E-state index in [4.69, 9.17) is 61.6 Å². The molecule has 2 aromatic carbocycles. The highest BCUT2D eigenvalue weighted by Crippen LogP contribution is 2.32. The van der Waals surface area contributed by atoms with Crippen LogP contribution in [0.3, 0.4) is 0 Å². The Morgan fingerprint density at radius 2 is 0.823 bits per heavy atom. The van der Waals surface area contributed by atoms with E-state index in [-0.39, 0.29) is 36.9 Å². The number of alkyl halides is 3. The largest absolute Gasteiger partial charge is 0.469 e. The summed E-state index contributed by atoms with van der Waals surface area (Å²) in [5.41, 5.74) is -0.110. The van der Waals surface area contributed by atoms with E-state index in [0.717, 1.165) is 12.1 Å². The lowest BCUT2D eigenvalue weighted by molar-refractivity contribution is -0.142. The molecule has 0 aliphatic carbocycles. The van der Waals surface area contributed by atoms with Crippen LogP contribution in [0.15, 0.2) is 48.5 Å². The Morgan fingerprint density at radius 1 is 0.468 bits per heavy atom. The van der Waals surface area contributed by atoms with Crippen molar-refractivity contribution >= 4 is 23.3 Å². The van der Waals surface area contributed by atoms with Crippen molar-refractivity contribution in [2.75, 3.05) is 178 Å². The van der Waals surface area contributed by atoms with Gasteiger partial charge in [0.05, 0.1) is 189 Å². The standard InChI is InChI=1S/C42H64F3NO16/c1-49-40(47)9-10-50-11-12-51-13-14-52-15-16-53-17-18-54-19-20-55-21-22-56-23-24-57-25-26-58-27-28-59-29-30-60-31-32-61-33-34-62-41(48)38-7-2-3-8-39(38)46-37-6-4-5-36(35-37)42(43,44)45/h2-8,35,46H,9-34H2,1H3. The lowest BCUT2D eigenvalue weighted by atomic mass is 10.1. The molecule has 17 nitrogen and oxygen atoms in total. The van der Waals surface area contributed by atoms with Crippen LogP contribution in [0.25, 0.3) is 0 Å². The summed E-state index contributed by atoms with van der Waals surface area (Å²) >= 11 is 0. The van der Waals surface area contributed by atoms with Crippen molar-refractivity contribution in [1.82, 2.24) is 0 Å². The minimum atomic E-state index is -4.48. The number of halogens is 3. The molecule has 0 aromatic heterocycles. The van der Waals surface area contributed by atoms with E-state index in [0.29, 0.717) is 158 Å². The number of para-hydroxylation sites is 1. The SMILES string of the molecule is COC(=O)CCOCCOCCOCCOCCOCCOCCOCCOCCOCCOCCOCCOCCOC(=O)c1ccccc1Nc1cccc(C(F)(F)F)c1. The molecule has 0 unspecified atom stereocenters. The molecule has 62 heavy (non-hydrogen) atoms. The third kappa shape index (κ3) is 30.5. The second-order valence-corrected chi connectivity index (χ2v) is 12.6. The predicted octanol–water partition coefficient (Wildman–Crippen LogP) is 4.37. The average Bonchev–Trinajstić information content (AvgIpc) is 3.27. The first-order valence-corrected chi connectivity index (χ1v) is 20.5. The van der Waals surface area contributed by atoms with E-state index in [9.17, 15) is 22.8 Å². The average molecular weight is 896 g/mol.